The van der Waals surface area contributed by atoms with Crippen molar-refractivity contribution in [2.45, 2.75) is 25.0 Å². The van der Waals surface area contributed by atoms with Crippen LogP contribution < -0.4 is 5.32 Å². The summed E-state index contributed by atoms with van der Waals surface area (Å²) in [4.78, 5) is 23.9. The fraction of sp³-hybridized carbons (Fsp3) is 0.833. The number of rotatable bonds is 6. The third-order valence-electron chi connectivity index (χ3n) is 3.49. The normalized spacial score (nSPS) is 23.4. The molecule has 2 rings (SSSR count). The molecule has 0 saturated carbocycles. The number of ether oxygens (including phenoxy) is 2. The molecule has 7 nitrogen and oxygen atoms in total. The number of nitrogens with one attached hydrogen (secondary N) is 1. The van der Waals surface area contributed by atoms with E-state index >= 15 is 0 Å². The van der Waals surface area contributed by atoms with Crippen LogP contribution in [0.1, 0.15) is 13.8 Å². The van der Waals surface area contributed by atoms with Crippen LogP contribution in [0.5, 0.6) is 0 Å². The summed E-state index contributed by atoms with van der Waals surface area (Å²) >= 11 is 0. The van der Waals surface area contributed by atoms with Crippen molar-refractivity contribution >= 4 is 11.9 Å². The molecule has 0 aromatic rings. The number of carboxylic acid groups (broad SMARTS) is 1. The first-order chi connectivity index (χ1) is 8.82. The van der Waals surface area contributed by atoms with Crippen LogP contribution in [-0.4, -0.2) is 72.5 Å². The lowest BCUT2D eigenvalue weighted by atomic mass is 9.96. The Kier molecular flexibility index (Phi) is 3.80. The molecule has 0 bridgehead atoms. The minimum atomic E-state index is -1.00. The van der Waals surface area contributed by atoms with E-state index in [2.05, 4.69) is 5.32 Å². The van der Waals surface area contributed by atoms with Gasteiger partial charge in [-0.2, -0.15) is 0 Å². The first kappa shape index (κ1) is 14.2. The average Bonchev–Trinajstić information content (AvgIpc) is 2.27. The van der Waals surface area contributed by atoms with Crippen LogP contribution in [0, 0.1) is 0 Å². The molecule has 0 unspecified atom stereocenters. The van der Waals surface area contributed by atoms with Crippen molar-refractivity contribution in [3.05, 3.63) is 0 Å². The SMILES string of the molecule is CC1(OCC(=O)N2CC(C)(OCC(=O)O)C2)CNC1. The number of nitrogens with zero attached hydrogens (tertiary/aromatic N) is 1. The van der Waals surface area contributed by atoms with Crippen molar-refractivity contribution in [3.63, 3.8) is 0 Å². The predicted molar refractivity (Wildman–Crippen MR) is 65.8 cm³/mol. The van der Waals surface area contributed by atoms with Crippen molar-refractivity contribution in [1.29, 1.82) is 0 Å². The number of likely N-dealkylation sites (tertiary alicyclic amines) is 1. The number of amides is 1. The highest BCUT2D eigenvalue weighted by Crippen LogP contribution is 2.25. The lowest BCUT2D eigenvalue weighted by Gasteiger charge is -2.47. The highest BCUT2D eigenvalue weighted by atomic mass is 16.5. The van der Waals surface area contributed by atoms with Crippen LogP contribution in [-0.2, 0) is 19.1 Å². The molecule has 2 saturated heterocycles. The summed E-state index contributed by atoms with van der Waals surface area (Å²) in [5.74, 6) is -1.08. The van der Waals surface area contributed by atoms with E-state index in [0.717, 1.165) is 13.1 Å². The zero-order chi connectivity index (χ0) is 14.1. The monoisotopic (exact) mass is 272 g/mol. The summed E-state index contributed by atoms with van der Waals surface area (Å²) in [5, 5.41) is 11.6. The smallest absolute Gasteiger partial charge is 0.329 e. The zero-order valence-electron chi connectivity index (χ0n) is 11.3. The summed E-state index contributed by atoms with van der Waals surface area (Å²) in [6, 6.07) is 0. The van der Waals surface area contributed by atoms with Crippen molar-refractivity contribution in [3.8, 4) is 0 Å². The fourth-order valence-corrected chi connectivity index (χ4v) is 2.17. The van der Waals surface area contributed by atoms with Gasteiger partial charge in [0, 0.05) is 13.1 Å². The van der Waals surface area contributed by atoms with Crippen LogP contribution in [0.2, 0.25) is 0 Å². The fourth-order valence-electron chi connectivity index (χ4n) is 2.17. The molecule has 108 valence electrons. The number of hydrogen-bond acceptors (Lipinski definition) is 5. The van der Waals surface area contributed by atoms with Gasteiger partial charge >= 0.3 is 5.97 Å². The first-order valence-electron chi connectivity index (χ1n) is 6.30. The Hall–Kier alpha value is -1.18. The van der Waals surface area contributed by atoms with Gasteiger partial charge < -0.3 is 24.8 Å². The third-order valence-corrected chi connectivity index (χ3v) is 3.49. The van der Waals surface area contributed by atoms with Gasteiger partial charge in [-0.05, 0) is 13.8 Å². The van der Waals surface area contributed by atoms with Gasteiger partial charge in [-0.15, -0.1) is 0 Å². The summed E-state index contributed by atoms with van der Waals surface area (Å²) < 4.78 is 10.8. The highest BCUT2D eigenvalue weighted by Gasteiger charge is 2.43. The molecule has 0 atom stereocenters. The Labute approximate surface area is 111 Å². The summed E-state index contributed by atoms with van der Waals surface area (Å²) in [6.45, 7) is 5.85. The number of hydrogen-bond donors (Lipinski definition) is 2. The molecule has 2 aliphatic heterocycles. The molecule has 0 spiro atoms. The Balaban J connectivity index is 1.67. The van der Waals surface area contributed by atoms with Crippen molar-refractivity contribution < 1.29 is 24.2 Å². The van der Waals surface area contributed by atoms with Gasteiger partial charge in [0.25, 0.3) is 0 Å². The highest BCUT2D eigenvalue weighted by molar-refractivity contribution is 5.78. The lowest BCUT2D eigenvalue weighted by molar-refractivity contribution is -0.179. The van der Waals surface area contributed by atoms with Gasteiger partial charge in [-0.1, -0.05) is 0 Å². The maximum atomic E-state index is 11.8. The number of carbonyl (C=O) groups excluding carboxylic acids is 1. The van der Waals surface area contributed by atoms with E-state index in [9.17, 15) is 9.59 Å². The molecule has 19 heavy (non-hydrogen) atoms. The van der Waals surface area contributed by atoms with Crippen LogP contribution >= 0.6 is 0 Å². The van der Waals surface area contributed by atoms with Gasteiger partial charge in [0.1, 0.15) is 18.8 Å². The molecule has 7 heteroatoms. The quantitative estimate of drug-likeness (QED) is 0.649. The van der Waals surface area contributed by atoms with Gasteiger partial charge in [-0.3, -0.25) is 4.79 Å². The van der Waals surface area contributed by atoms with Gasteiger partial charge in [0.05, 0.1) is 18.7 Å². The molecule has 2 fully saturated rings. The van der Waals surface area contributed by atoms with Crippen LogP contribution in [0.3, 0.4) is 0 Å². The van der Waals surface area contributed by atoms with E-state index in [0.29, 0.717) is 13.1 Å². The van der Waals surface area contributed by atoms with E-state index in [-0.39, 0.29) is 24.7 Å². The first-order valence-corrected chi connectivity index (χ1v) is 6.30. The molecule has 0 aromatic carbocycles. The minimum absolute atomic E-state index is 0.0627. The second kappa shape index (κ2) is 5.07. The van der Waals surface area contributed by atoms with E-state index in [1.54, 1.807) is 11.8 Å². The number of carbonyl (C=O) groups is 2. The largest absolute Gasteiger partial charge is 0.480 e. The Bertz CT molecular complexity index is 374. The second-order valence-electron chi connectivity index (χ2n) is 5.72. The second-order valence-corrected chi connectivity index (χ2v) is 5.72. The third kappa shape index (κ3) is 3.43. The maximum absolute atomic E-state index is 11.8. The molecule has 0 radical (unpaired) electrons. The molecular formula is C12H20N2O5. The predicted octanol–water partition coefficient (Wildman–Crippen LogP) is -0.933. The van der Waals surface area contributed by atoms with Crippen LogP contribution in [0.25, 0.3) is 0 Å². The molecule has 0 aromatic heterocycles. The van der Waals surface area contributed by atoms with Crippen LogP contribution in [0.15, 0.2) is 0 Å². The zero-order valence-corrected chi connectivity index (χ0v) is 11.3. The van der Waals surface area contributed by atoms with E-state index in [1.165, 1.54) is 0 Å². The maximum Gasteiger partial charge on any atom is 0.329 e. The van der Waals surface area contributed by atoms with Crippen LogP contribution in [0.4, 0.5) is 0 Å². The molecule has 2 N–H and O–H groups in total. The number of aliphatic carboxylic acids is 1. The van der Waals surface area contributed by atoms with Gasteiger partial charge in [0.15, 0.2) is 0 Å². The Morgan fingerprint density at radius 3 is 2.21 bits per heavy atom. The minimum Gasteiger partial charge on any atom is -0.480 e. The van der Waals surface area contributed by atoms with Crippen molar-refractivity contribution in [2.75, 3.05) is 39.4 Å². The summed E-state index contributed by atoms with van der Waals surface area (Å²) in [5.41, 5.74) is -0.778. The number of carboxylic acids is 1. The molecule has 0 aliphatic carbocycles. The van der Waals surface area contributed by atoms with E-state index in [4.69, 9.17) is 14.6 Å². The van der Waals surface area contributed by atoms with Gasteiger partial charge in [0.2, 0.25) is 5.91 Å². The van der Waals surface area contributed by atoms with Gasteiger partial charge in [-0.25, -0.2) is 4.79 Å². The average molecular weight is 272 g/mol. The van der Waals surface area contributed by atoms with Crippen molar-refractivity contribution in [2.24, 2.45) is 0 Å². The Morgan fingerprint density at radius 2 is 1.74 bits per heavy atom. The topological polar surface area (TPSA) is 88.1 Å². The standard InChI is InChI=1S/C12H20N2O5/c1-11(5-13-6-11)18-3-9(15)14-7-12(2,8-14)19-4-10(16)17/h13H,3-8H2,1-2H3,(H,16,17). The lowest BCUT2D eigenvalue weighted by Crippen LogP contribution is -2.65. The van der Waals surface area contributed by atoms with E-state index < -0.39 is 11.6 Å². The summed E-state index contributed by atoms with van der Waals surface area (Å²) in [6.07, 6.45) is 0. The van der Waals surface area contributed by atoms with Crippen molar-refractivity contribution in [1.82, 2.24) is 10.2 Å². The summed E-state index contributed by atoms with van der Waals surface area (Å²) in [7, 11) is 0. The van der Waals surface area contributed by atoms with E-state index in [1.807, 2.05) is 6.92 Å². The molecular weight excluding hydrogens is 252 g/mol. The molecule has 2 aliphatic rings. The Morgan fingerprint density at radius 1 is 1.16 bits per heavy atom. The molecule has 1 amide bonds. The molecule has 2 heterocycles.